The summed E-state index contributed by atoms with van der Waals surface area (Å²) in [7, 11) is -0.786. The molecule has 11 nitrogen and oxygen atoms in total. The number of anilines is 3. The third-order valence-electron chi connectivity index (χ3n) is 13.0. The van der Waals surface area contributed by atoms with E-state index in [1.807, 2.05) is 132 Å². The lowest BCUT2D eigenvalue weighted by Crippen LogP contribution is -2.51. The van der Waals surface area contributed by atoms with Gasteiger partial charge in [0.05, 0.1) is 51.6 Å². The minimum atomic E-state index is -2.46. The molecule has 2 aliphatic heterocycles. The number of hydrogen-bond acceptors (Lipinski definition) is 7. The zero-order chi connectivity index (χ0) is 42.3. The molecule has 1 unspecified atom stereocenters. The van der Waals surface area contributed by atoms with Crippen LogP contribution in [0.25, 0.3) is 10.9 Å². The highest BCUT2D eigenvalue weighted by molar-refractivity contribution is 6.91. The van der Waals surface area contributed by atoms with Crippen molar-refractivity contribution in [3.05, 3.63) is 162 Å². The van der Waals surface area contributed by atoms with Crippen molar-refractivity contribution in [2.24, 2.45) is 5.92 Å². The summed E-state index contributed by atoms with van der Waals surface area (Å²) in [6, 6.07) is 41.6. The maximum absolute atomic E-state index is 15.5. The molecule has 9 rings (SSSR count). The first-order valence-electron chi connectivity index (χ1n) is 20.9. The molecule has 0 radical (unpaired) electrons. The van der Waals surface area contributed by atoms with E-state index in [1.54, 1.807) is 12.0 Å². The van der Waals surface area contributed by atoms with Crippen molar-refractivity contribution in [3.63, 3.8) is 0 Å². The molecule has 1 spiro atoms. The number of hydrogen-bond donors (Lipinski definition) is 3. The molecular weight excluding hydrogens is 781 g/mol. The molecule has 310 valence electrons. The first kappa shape index (κ1) is 40.1. The lowest BCUT2D eigenvalue weighted by Gasteiger charge is -2.37. The topological polar surface area (TPSA) is 135 Å². The summed E-state index contributed by atoms with van der Waals surface area (Å²) in [4.78, 5) is 34.2. The van der Waals surface area contributed by atoms with Crippen LogP contribution in [-0.4, -0.2) is 64.8 Å². The number of aryl methyl sites for hydroxylation is 1. The number of carbonyl (C=O) groups is 2. The van der Waals surface area contributed by atoms with Gasteiger partial charge in [-0.25, -0.2) is 0 Å². The largest absolute Gasteiger partial charge is 0.497 e. The van der Waals surface area contributed by atoms with Crippen LogP contribution in [0, 0.1) is 5.92 Å². The summed E-state index contributed by atoms with van der Waals surface area (Å²) in [6.07, 6.45) is 4.20. The van der Waals surface area contributed by atoms with Crippen molar-refractivity contribution in [2.45, 2.75) is 62.6 Å². The van der Waals surface area contributed by atoms with Gasteiger partial charge in [0.15, 0.2) is 5.60 Å². The van der Waals surface area contributed by atoms with E-state index >= 15 is 4.79 Å². The molecule has 3 N–H and O–H groups in total. The van der Waals surface area contributed by atoms with E-state index in [1.165, 1.54) is 5.19 Å². The molecule has 12 heteroatoms. The number of methoxy groups -OCH3 is 1. The fourth-order valence-electron chi connectivity index (χ4n) is 9.97. The Morgan fingerprint density at radius 1 is 0.967 bits per heavy atom. The van der Waals surface area contributed by atoms with Gasteiger partial charge in [-0.1, -0.05) is 109 Å². The van der Waals surface area contributed by atoms with Crippen LogP contribution in [0.15, 0.2) is 140 Å². The standard InChI is InChI=1S/C49H50N6O5Si/c1-32-47(61(3,4)38-22-20-37(59-2)21-23-38)45(25-26-54-30-43(52-53-54)40(31-56)33-13-7-5-8-14-33)60-49(32)41-28-35(19-24-44(41)55(48(49)58)36-15-9-6-10-16-36)51-46(57)27-34-29-50-42-18-12-11-17-39(34)42/h5-24,28-30,32,40,45,47,50,56H,25-27,31H2,1-4H3,(H,51,57)/t32-,40?,45+,47-,49+/m0/s1. The number of aromatic amines is 1. The second-order valence-corrected chi connectivity index (χ2v) is 21.5. The first-order chi connectivity index (χ1) is 29.6. The third kappa shape index (κ3) is 7.14. The fourth-order valence-corrected chi connectivity index (χ4v) is 14.0. The molecule has 5 atom stereocenters. The van der Waals surface area contributed by atoms with Gasteiger partial charge in [-0.2, -0.15) is 0 Å². The van der Waals surface area contributed by atoms with E-state index in [0.717, 1.165) is 44.7 Å². The van der Waals surface area contributed by atoms with Gasteiger partial charge in [-0.15, -0.1) is 5.10 Å². The maximum atomic E-state index is 15.5. The van der Waals surface area contributed by atoms with Crippen molar-refractivity contribution in [2.75, 3.05) is 23.9 Å². The predicted molar refractivity (Wildman–Crippen MR) is 240 cm³/mol. The van der Waals surface area contributed by atoms with Crippen molar-refractivity contribution in [1.82, 2.24) is 20.0 Å². The van der Waals surface area contributed by atoms with Gasteiger partial charge >= 0.3 is 0 Å². The monoisotopic (exact) mass is 830 g/mol. The fraction of sp³-hybridized carbons (Fsp3) is 0.265. The molecule has 2 amide bonds. The van der Waals surface area contributed by atoms with Gasteiger partial charge in [0, 0.05) is 52.7 Å². The van der Waals surface area contributed by atoms with E-state index in [2.05, 4.69) is 52.8 Å². The van der Waals surface area contributed by atoms with Crippen LogP contribution in [0.4, 0.5) is 17.1 Å². The molecule has 0 bridgehead atoms. The molecule has 4 heterocycles. The van der Waals surface area contributed by atoms with Crippen LogP contribution in [0.1, 0.15) is 41.6 Å². The van der Waals surface area contributed by atoms with Gasteiger partial charge in [0.1, 0.15) is 5.75 Å². The molecular formula is C49H50N6O5Si. The Hall–Kier alpha value is -6.34. The van der Waals surface area contributed by atoms with Crippen LogP contribution < -0.4 is 20.1 Å². The summed E-state index contributed by atoms with van der Waals surface area (Å²) in [5, 5.41) is 24.8. The Morgan fingerprint density at radius 3 is 2.43 bits per heavy atom. The molecule has 1 fully saturated rings. The summed E-state index contributed by atoms with van der Waals surface area (Å²) < 4.78 is 14.8. The van der Waals surface area contributed by atoms with Gasteiger partial charge < -0.3 is 24.9 Å². The highest BCUT2D eigenvalue weighted by atomic mass is 28.3. The maximum Gasteiger partial charge on any atom is 0.268 e. The molecule has 0 aliphatic carbocycles. The minimum absolute atomic E-state index is 0.0222. The molecule has 1 saturated heterocycles. The normalized spacial score (nSPS) is 20.3. The number of amides is 2. The zero-order valence-electron chi connectivity index (χ0n) is 34.8. The Labute approximate surface area is 356 Å². The molecule has 5 aromatic carbocycles. The van der Waals surface area contributed by atoms with Crippen LogP contribution in [0.3, 0.4) is 0 Å². The Balaban J connectivity index is 1.09. The number of aliphatic hydroxyl groups excluding tert-OH is 1. The number of para-hydroxylation sites is 2. The summed E-state index contributed by atoms with van der Waals surface area (Å²) in [6.45, 7) is 7.29. The number of H-pyrrole nitrogens is 1. The third-order valence-corrected chi connectivity index (χ3v) is 17.4. The van der Waals surface area contributed by atoms with Gasteiger partial charge in [-0.05, 0) is 71.6 Å². The highest BCUT2D eigenvalue weighted by Crippen LogP contribution is 2.61. The first-order valence-corrected chi connectivity index (χ1v) is 24.0. The average molecular weight is 831 g/mol. The Morgan fingerprint density at radius 2 is 1.69 bits per heavy atom. The molecule has 7 aromatic rings. The average Bonchev–Trinajstić information content (AvgIpc) is 4.05. The van der Waals surface area contributed by atoms with Crippen LogP contribution in [-0.2, 0) is 32.9 Å². The second kappa shape index (κ2) is 16.3. The van der Waals surface area contributed by atoms with Crippen LogP contribution >= 0.6 is 0 Å². The lowest BCUT2D eigenvalue weighted by atomic mass is 9.82. The SMILES string of the molecule is COc1ccc([Si](C)(C)[C@@H]2[C@@H](CCn3cc(C(CO)c4ccccc4)nn3)O[C@]3(C(=O)N(c4ccccc4)c4ccc(NC(=O)Cc5c[nH]c6ccccc56)cc43)[C@H]2C)cc1. The number of fused-ring (bicyclic) bond motifs is 3. The van der Waals surface area contributed by atoms with Gasteiger partial charge in [0.2, 0.25) is 5.91 Å². The van der Waals surface area contributed by atoms with Crippen molar-refractivity contribution in [3.8, 4) is 5.75 Å². The number of aliphatic hydroxyl groups is 1. The number of carbonyl (C=O) groups excluding carboxylic acids is 2. The van der Waals surface area contributed by atoms with Crippen molar-refractivity contribution < 1.29 is 24.2 Å². The lowest BCUT2D eigenvalue weighted by molar-refractivity contribution is -0.145. The Bertz CT molecular complexity index is 2680. The summed E-state index contributed by atoms with van der Waals surface area (Å²) in [5.41, 5.74) is 4.99. The van der Waals surface area contributed by atoms with E-state index in [-0.39, 0.29) is 48.3 Å². The smallest absolute Gasteiger partial charge is 0.268 e. The molecule has 0 saturated carbocycles. The molecule has 2 aromatic heterocycles. The van der Waals surface area contributed by atoms with Crippen molar-refractivity contribution in [1.29, 1.82) is 0 Å². The van der Waals surface area contributed by atoms with Gasteiger partial charge in [-0.3, -0.25) is 19.2 Å². The quantitative estimate of drug-likeness (QED) is 0.100. The Kier molecular flexibility index (Phi) is 10.7. The number of aromatic nitrogens is 4. The number of nitrogens with zero attached hydrogens (tertiary/aromatic N) is 4. The summed E-state index contributed by atoms with van der Waals surface area (Å²) in [5.74, 6) is -0.0822. The second-order valence-electron chi connectivity index (χ2n) is 16.8. The van der Waals surface area contributed by atoms with Gasteiger partial charge in [0.25, 0.3) is 5.91 Å². The van der Waals surface area contributed by atoms with Crippen molar-refractivity contribution >= 4 is 53.0 Å². The van der Waals surface area contributed by atoms with E-state index in [0.29, 0.717) is 24.3 Å². The van der Waals surface area contributed by atoms with E-state index in [4.69, 9.17) is 9.47 Å². The molecule has 61 heavy (non-hydrogen) atoms. The predicted octanol–water partition coefficient (Wildman–Crippen LogP) is 8.06. The minimum Gasteiger partial charge on any atom is -0.497 e. The number of ether oxygens (including phenoxy) is 2. The number of benzene rings is 5. The molecule has 2 aliphatic rings. The highest BCUT2D eigenvalue weighted by Gasteiger charge is 2.66. The van der Waals surface area contributed by atoms with Crippen LogP contribution in [0.2, 0.25) is 18.6 Å². The summed E-state index contributed by atoms with van der Waals surface area (Å²) >= 11 is 0. The number of rotatable bonds is 13. The zero-order valence-corrected chi connectivity index (χ0v) is 35.8. The van der Waals surface area contributed by atoms with Crippen LogP contribution in [0.5, 0.6) is 5.75 Å². The van der Waals surface area contributed by atoms with E-state index < -0.39 is 13.7 Å². The van der Waals surface area contributed by atoms with E-state index in [9.17, 15) is 9.90 Å². The number of nitrogens with one attached hydrogen (secondary N) is 2.